The number of hydrogen-bond donors (Lipinski definition) is 5. The number of fused-ring (bicyclic) bond motifs is 1. The summed E-state index contributed by atoms with van der Waals surface area (Å²) in [5.74, 6) is -2.43. The Labute approximate surface area is 251 Å². The van der Waals surface area contributed by atoms with E-state index in [2.05, 4.69) is 30.5 Å². The van der Waals surface area contributed by atoms with Crippen molar-refractivity contribution >= 4 is 80.0 Å². The van der Waals surface area contributed by atoms with E-state index in [4.69, 9.17) is 16.3 Å². The molecule has 0 aliphatic carbocycles. The van der Waals surface area contributed by atoms with Crippen LogP contribution in [0.25, 0.3) is 0 Å². The summed E-state index contributed by atoms with van der Waals surface area (Å²) in [5.41, 5.74) is 10.1. The topological polar surface area (TPSA) is 254 Å². The number of carbonyl (C=O) groups is 3. The van der Waals surface area contributed by atoms with Crippen LogP contribution in [0.4, 0.5) is 10.3 Å². The highest BCUT2D eigenvalue weighted by molar-refractivity contribution is 8.01. The number of H-pyrrole nitrogens is 1. The minimum Gasteiger partial charge on any atom is -0.477 e. The molecule has 5 heterocycles. The number of oxime groups is 1. The monoisotopic (exact) mass is 652 g/mol. The molecular formula is C21H20N10O7S4. The third kappa shape index (κ3) is 5.89. The van der Waals surface area contributed by atoms with Gasteiger partial charge in [-0.3, -0.25) is 33.9 Å². The number of aromatic nitrogens is 5. The molecule has 0 aromatic carbocycles. The van der Waals surface area contributed by atoms with Crippen LogP contribution in [0.15, 0.2) is 41.9 Å². The number of nitrogens with two attached hydrogens (primary N) is 2. The van der Waals surface area contributed by atoms with Gasteiger partial charge < -0.3 is 26.7 Å². The lowest BCUT2D eigenvalue weighted by molar-refractivity contribution is -0.150. The number of anilines is 2. The summed E-state index contributed by atoms with van der Waals surface area (Å²) in [4.78, 5) is 79.9. The molecule has 1 unspecified atom stereocenters. The summed E-state index contributed by atoms with van der Waals surface area (Å²) in [7, 11) is 1.48. The van der Waals surface area contributed by atoms with E-state index in [1.165, 1.54) is 40.2 Å². The van der Waals surface area contributed by atoms with Gasteiger partial charge >= 0.3 is 17.1 Å². The zero-order chi connectivity index (χ0) is 30.1. The number of aromatic amines is 1. The summed E-state index contributed by atoms with van der Waals surface area (Å²) in [6, 6.07) is -1.05. The number of carbonyl (C=O) groups excluding carboxylic acids is 2. The Morgan fingerprint density at radius 3 is 2.62 bits per heavy atom. The van der Waals surface area contributed by atoms with E-state index in [0.717, 1.165) is 28.0 Å². The number of thiazole rings is 2. The Kier molecular flexibility index (Phi) is 8.34. The highest BCUT2D eigenvalue weighted by atomic mass is 32.2. The molecule has 220 valence electrons. The Bertz CT molecular complexity index is 1760. The van der Waals surface area contributed by atoms with Gasteiger partial charge in [0, 0.05) is 29.3 Å². The molecule has 5 rings (SSSR count). The molecule has 0 radical (unpaired) electrons. The maximum absolute atomic E-state index is 13.2. The van der Waals surface area contributed by atoms with E-state index in [1.807, 2.05) is 0 Å². The molecule has 21 heteroatoms. The highest BCUT2D eigenvalue weighted by Crippen LogP contribution is 2.41. The number of aryl methyl sites for hydroxylation is 1. The molecule has 42 heavy (non-hydrogen) atoms. The van der Waals surface area contributed by atoms with Crippen LogP contribution in [0.3, 0.4) is 0 Å². The lowest BCUT2D eigenvalue weighted by atomic mass is 10.0. The quantitative estimate of drug-likeness (QED) is 0.0579. The number of thioether (sulfide) groups is 2. The van der Waals surface area contributed by atoms with Crippen LogP contribution < -0.4 is 27.9 Å². The number of nitrogens with zero attached hydrogens (tertiary/aromatic N) is 6. The SMILES string of the molecule is Cn1[nH]c(=O)c(=O)nc1SCC1=C(C(=O)O)N2C(=O)C(NC(=O)/C(=N\OCc3csc(N)n3)c3csc(N)n3)[C@H]2SC1. The van der Waals surface area contributed by atoms with Crippen molar-refractivity contribution in [2.75, 3.05) is 23.0 Å². The van der Waals surface area contributed by atoms with E-state index in [1.54, 1.807) is 5.38 Å². The molecule has 2 atom stereocenters. The molecule has 1 saturated heterocycles. The van der Waals surface area contributed by atoms with E-state index >= 15 is 0 Å². The Balaban J connectivity index is 1.31. The van der Waals surface area contributed by atoms with Crippen LogP contribution >= 0.6 is 46.2 Å². The molecule has 1 fully saturated rings. The molecule has 2 amide bonds. The van der Waals surface area contributed by atoms with Gasteiger partial charge in [0.15, 0.2) is 27.7 Å². The second-order valence-electron chi connectivity index (χ2n) is 8.57. The van der Waals surface area contributed by atoms with Crippen molar-refractivity contribution in [1.29, 1.82) is 0 Å². The van der Waals surface area contributed by atoms with E-state index in [-0.39, 0.29) is 45.5 Å². The van der Waals surface area contributed by atoms with E-state index < -0.39 is 40.3 Å². The van der Waals surface area contributed by atoms with Crippen molar-refractivity contribution in [3.63, 3.8) is 0 Å². The molecule has 2 aliphatic rings. The van der Waals surface area contributed by atoms with E-state index in [0.29, 0.717) is 16.4 Å². The molecule has 0 bridgehead atoms. The molecule has 2 aliphatic heterocycles. The van der Waals surface area contributed by atoms with Crippen LogP contribution in [-0.2, 0) is 32.9 Å². The summed E-state index contributed by atoms with van der Waals surface area (Å²) in [5, 5.41) is 21.9. The maximum Gasteiger partial charge on any atom is 0.352 e. The summed E-state index contributed by atoms with van der Waals surface area (Å²) in [6.45, 7) is -0.0744. The molecule has 17 nitrogen and oxygen atoms in total. The first-order chi connectivity index (χ1) is 20.0. The second-order valence-corrected chi connectivity index (χ2v) is 12.4. The fraction of sp³-hybridized carbons (Fsp3) is 0.286. The van der Waals surface area contributed by atoms with Crippen molar-refractivity contribution < 1.29 is 24.3 Å². The third-order valence-electron chi connectivity index (χ3n) is 5.78. The van der Waals surface area contributed by atoms with Gasteiger partial charge in [-0.25, -0.2) is 14.8 Å². The number of carboxylic acids is 1. The highest BCUT2D eigenvalue weighted by Gasteiger charge is 2.54. The van der Waals surface area contributed by atoms with Crippen LogP contribution in [0.1, 0.15) is 11.4 Å². The fourth-order valence-corrected chi connectivity index (χ4v) is 7.40. The van der Waals surface area contributed by atoms with Crippen LogP contribution in [-0.4, -0.2) is 81.2 Å². The first-order valence-corrected chi connectivity index (χ1v) is 15.4. The van der Waals surface area contributed by atoms with Crippen LogP contribution in [0.5, 0.6) is 0 Å². The van der Waals surface area contributed by atoms with Gasteiger partial charge in [-0.2, -0.15) is 4.98 Å². The van der Waals surface area contributed by atoms with Crippen LogP contribution in [0, 0.1) is 0 Å². The normalized spacial score (nSPS) is 18.5. The van der Waals surface area contributed by atoms with Gasteiger partial charge in [-0.15, -0.1) is 34.4 Å². The maximum atomic E-state index is 13.2. The molecule has 3 aromatic rings. The first kappa shape index (κ1) is 29.3. The number of carboxylic acid groups (broad SMARTS) is 1. The van der Waals surface area contributed by atoms with Crippen molar-refractivity contribution in [3.8, 4) is 0 Å². The number of rotatable bonds is 10. The lowest BCUT2D eigenvalue weighted by Crippen LogP contribution is -2.71. The standard InChI is InChI=1S/C21H20N10O7S4/c1-30-21(27-14(33)15(34)28-30)42-4-7-3-39-17-11(16(35)31(17)12(7)18(36)37)26-13(32)10(9-6-41-20(23)25-9)29-38-2-8-5-40-19(22)24-8/h5-6,11,17H,2-4H2,1H3,(H2,22,24)(H2,23,25)(H,26,32)(H,28,34)(H,36,37)/b29-10-/t11?,17-/m1/s1. The number of aliphatic carboxylic acids is 1. The predicted octanol–water partition coefficient (Wildman–Crippen LogP) is -1.00. The molecule has 7 N–H and O–H groups in total. The fourth-order valence-electron chi connectivity index (χ4n) is 3.90. The Morgan fingerprint density at radius 2 is 1.95 bits per heavy atom. The van der Waals surface area contributed by atoms with Gasteiger partial charge in [-0.05, 0) is 5.57 Å². The smallest absolute Gasteiger partial charge is 0.352 e. The van der Waals surface area contributed by atoms with Crippen molar-refractivity contribution in [3.05, 3.63) is 54.1 Å². The summed E-state index contributed by atoms with van der Waals surface area (Å²) >= 11 is 4.58. The minimum atomic E-state index is -1.33. The average molecular weight is 653 g/mol. The Morgan fingerprint density at radius 1 is 1.21 bits per heavy atom. The second kappa shape index (κ2) is 12.0. The number of β-lactam (4-membered cyclic amide) rings is 1. The van der Waals surface area contributed by atoms with Crippen LogP contribution in [0.2, 0.25) is 0 Å². The van der Waals surface area contributed by atoms with E-state index in [9.17, 15) is 29.1 Å². The summed E-state index contributed by atoms with van der Waals surface area (Å²) in [6.07, 6.45) is 0. The van der Waals surface area contributed by atoms with Gasteiger partial charge in [0.2, 0.25) is 0 Å². The zero-order valence-electron chi connectivity index (χ0n) is 21.3. The van der Waals surface area contributed by atoms with Gasteiger partial charge in [0.1, 0.15) is 22.8 Å². The van der Waals surface area contributed by atoms with Crippen molar-refractivity contribution in [2.24, 2.45) is 12.2 Å². The average Bonchev–Trinajstić information content (AvgIpc) is 3.57. The molecular weight excluding hydrogens is 633 g/mol. The number of nitrogens with one attached hydrogen (secondary N) is 2. The number of hydrogen-bond acceptors (Lipinski definition) is 16. The first-order valence-electron chi connectivity index (χ1n) is 11.7. The van der Waals surface area contributed by atoms with Crippen molar-refractivity contribution in [1.82, 2.24) is 34.9 Å². The number of amides is 2. The minimum absolute atomic E-state index is 0.0744. The van der Waals surface area contributed by atoms with Gasteiger partial charge in [0.25, 0.3) is 11.8 Å². The van der Waals surface area contributed by atoms with Gasteiger partial charge in [-0.1, -0.05) is 16.9 Å². The third-order valence-corrected chi connectivity index (χ3v) is 9.63. The zero-order valence-corrected chi connectivity index (χ0v) is 24.6. The van der Waals surface area contributed by atoms with Crippen molar-refractivity contribution in [2.45, 2.75) is 23.2 Å². The summed E-state index contributed by atoms with van der Waals surface area (Å²) < 4.78 is 1.25. The van der Waals surface area contributed by atoms with Gasteiger partial charge in [0.05, 0.1) is 5.69 Å². The molecule has 3 aromatic heterocycles. The largest absolute Gasteiger partial charge is 0.477 e. The Hall–Kier alpha value is -4.21. The predicted molar refractivity (Wildman–Crippen MR) is 155 cm³/mol. The molecule has 0 spiro atoms. The molecule has 0 saturated carbocycles. The number of nitrogen functional groups attached to an aromatic ring is 2. The lowest BCUT2D eigenvalue weighted by Gasteiger charge is -2.49.